The monoisotopic (exact) mass is 360 g/mol. The predicted octanol–water partition coefficient (Wildman–Crippen LogP) is 0.824. The summed E-state index contributed by atoms with van der Waals surface area (Å²) in [6.45, 7) is 0.336. The minimum Gasteiger partial charge on any atom is -0.481 e. The van der Waals surface area contributed by atoms with Crippen LogP contribution >= 0.6 is 11.6 Å². The van der Waals surface area contributed by atoms with Gasteiger partial charge in [0.25, 0.3) is 0 Å². The number of aliphatic carboxylic acids is 1. The van der Waals surface area contributed by atoms with Crippen molar-refractivity contribution in [3.8, 4) is 0 Å². The number of halogens is 1. The van der Waals surface area contributed by atoms with Crippen LogP contribution in [0.15, 0.2) is 0 Å². The molecule has 3 rings (SSSR count). The maximum absolute atomic E-state index is 11.9. The Hall–Kier alpha value is -1.38. The highest BCUT2D eigenvalue weighted by Crippen LogP contribution is 2.41. The van der Waals surface area contributed by atoms with Gasteiger partial charge in [0, 0.05) is 13.0 Å². The second-order valence-corrected chi connectivity index (χ2v) is 7.02. The summed E-state index contributed by atoms with van der Waals surface area (Å²) in [4.78, 5) is 33.9. The molecule has 134 valence electrons. The number of alkyl halides is 1. The van der Waals surface area contributed by atoms with Gasteiger partial charge in [-0.25, -0.2) is 4.79 Å². The van der Waals surface area contributed by atoms with E-state index in [-0.39, 0.29) is 36.4 Å². The molecule has 2 saturated heterocycles. The Morgan fingerprint density at radius 1 is 1.38 bits per heavy atom. The van der Waals surface area contributed by atoms with Gasteiger partial charge < -0.3 is 19.9 Å². The first-order valence-corrected chi connectivity index (χ1v) is 8.63. The summed E-state index contributed by atoms with van der Waals surface area (Å²) < 4.78 is 11.7. The number of hydrogen-bond acceptors (Lipinski definition) is 5. The number of nitrogens with one attached hydrogen (secondary N) is 2. The van der Waals surface area contributed by atoms with Gasteiger partial charge in [0.2, 0.25) is 5.91 Å². The fraction of sp³-hybridized carbons (Fsp3) is 0.800. The van der Waals surface area contributed by atoms with Crippen molar-refractivity contribution in [2.75, 3.05) is 6.61 Å². The third-order valence-corrected chi connectivity index (χ3v) is 5.42. The van der Waals surface area contributed by atoms with Gasteiger partial charge in [0.15, 0.2) is 0 Å². The molecule has 0 aromatic heterocycles. The fourth-order valence-corrected chi connectivity index (χ4v) is 4.17. The molecule has 0 spiro atoms. The van der Waals surface area contributed by atoms with E-state index in [0.29, 0.717) is 19.4 Å². The minimum absolute atomic E-state index is 0.0626. The molecule has 2 aliphatic heterocycles. The van der Waals surface area contributed by atoms with E-state index >= 15 is 0 Å². The first-order chi connectivity index (χ1) is 11.5. The first-order valence-electron chi connectivity index (χ1n) is 8.20. The van der Waals surface area contributed by atoms with Crippen molar-refractivity contribution in [3.63, 3.8) is 0 Å². The molecule has 3 fully saturated rings. The SMILES string of the molecule is O=C(O)CCCOC1CCC2CC3C(=O)NC(=O)NC3OC2C1Cl. The second kappa shape index (κ2) is 7.25. The van der Waals surface area contributed by atoms with Crippen LogP contribution in [0.25, 0.3) is 0 Å². The molecular weight excluding hydrogens is 340 g/mol. The molecule has 1 aliphatic carbocycles. The van der Waals surface area contributed by atoms with Gasteiger partial charge in [0.05, 0.1) is 23.5 Å². The summed E-state index contributed by atoms with van der Waals surface area (Å²) in [6.07, 6.45) is 1.52. The normalized spacial score (nSPS) is 38.5. The van der Waals surface area contributed by atoms with E-state index in [4.69, 9.17) is 26.2 Å². The molecule has 0 radical (unpaired) electrons. The summed E-state index contributed by atoms with van der Waals surface area (Å²) >= 11 is 6.52. The first kappa shape index (κ1) is 17.4. The molecule has 3 amide bonds. The smallest absolute Gasteiger partial charge is 0.323 e. The number of ether oxygens (including phenoxy) is 2. The van der Waals surface area contributed by atoms with E-state index in [0.717, 1.165) is 12.8 Å². The van der Waals surface area contributed by atoms with Crippen LogP contribution in [0.1, 0.15) is 32.1 Å². The zero-order valence-corrected chi connectivity index (χ0v) is 13.8. The summed E-state index contributed by atoms with van der Waals surface area (Å²) in [7, 11) is 0. The van der Waals surface area contributed by atoms with Crippen molar-refractivity contribution in [1.29, 1.82) is 0 Å². The standard InChI is InChI=1S/C15H21ClN2O6/c16-11-9(23-5-1-2-10(19)20)4-3-7-6-8-13(21)17-15(22)18-14(8)24-12(7)11/h7-9,11-12,14H,1-6H2,(H,19,20)(H2,17,18,21,22). The zero-order valence-electron chi connectivity index (χ0n) is 13.1. The molecule has 3 aliphatic rings. The molecule has 1 saturated carbocycles. The van der Waals surface area contributed by atoms with Gasteiger partial charge in [-0.2, -0.15) is 0 Å². The highest BCUT2D eigenvalue weighted by molar-refractivity contribution is 6.21. The molecule has 8 nitrogen and oxygen atoms in total. The Morgan fingerprint density at radius 3 is 2.92 bits per heavy atom. The average molecular weight is 361 g/mol. The van der Waals surface area contributed by atoms with Gasteiger partial charge in [-0.1, -0.05) is 0 Å². The second-order valence-electron chi connectivity index (χ2n) is 6.51. The van der Waals surface area contributed by atoms with E-state index in [1.807, 2.05) is 0 Å². The number of carbonyl (C=O) groups excluding carboxylic acids is 2. The van der Waals surface area contributed by atoms with Gasteiger partial charge in [-0.15, -0.1) is 11.6 Å². The third-order valence-electron chi connectivity index (χ3n) is 4.90. The van der Waals surface area contributed by atoms with Crippen molar-refractivity contribution in [2.45, 2.75) is 55.9 Å². The van der Waals surface area contributed by atoms with Crippen LogP contribution in [0.4, 0.5) is 4.79 Å². The Bertz CT molecular complexity index is 530. The number of imide groups is 1. The highest BCUT2D eigenvalue weighted by Gasteiger charge is 2.50. The molecule has 6 atom stereocenters. The van der Waals surface area contributed by atoms with Crippen LogP contribution < -0.4 is 10.6 Å². The van der Waals surface area contributed by atoms with E-state index in [1.165, 1.54) is 0 Å². The summed E-state index contributed by atoms with van der Waals surface area (Å²) in [5, 5.41) is 13.1. The number of urea groups is 1. The number of carbonyl (C=O) groups is 3. The number of hydrogen-bond donors (Lipinski definition) is 3. The van der Waals surface area contributed by atoms with Crippen molar-refractivity contribution < 1.29 is 29.0 Å². The van der Waals surface area contributed by atoms with Gasteiger partial charge >= 0.3 is 12.0 Å². The molecule has 2 heterocycles. The summed E-state index contributed by atoms with van der Waals surface area (Å²) in [5.74, 6) is -1.40. The summed E-state index contributed by atoms with van der Waals surface area (Å²) in [6, 6.07) is -0.553. The summed E-state index contributed by atoms with van der Waals surface area (Å²) in [5.41, 5.74) is 0. The minimum atomic E-state index is -0.849. The molecular formula is C15H21ClN2O6. The van der Waals surface area contributed by atoms with Crippen LogP contribution in [0.3, 0.4) is 0 Å². The molecule has 24 heavy (non-hydrogen) atoms. The lowest BCUT2D eigenvalue weighted by molar-refractivity contribution is -0.170. The zero-order chi connectivity index (χ0) is 17.3. The Kier molecular flexibility index (Phi) is 5.27. The van der Waals surface area contributed by atoms with E-state index < -0.39 is 23.6 Å². The largest absolute Gasteiger partial charge is 0.481 e. The van der Waals surface area contributed by atoms with Crippen molar-refractivity contribution in [1.82, 2.24) is 10.6 Å². The van der Waals surface area contributed by atoms with Gasteiger partial charge in [-0.3, -0.25) is 14.9 Å². The van der Waals surface area contributed by atoms with Crippen LogP contribution in [-0.2, 0) is 19.1 Å². The highest BCUT2D eigenvalue weighted by atomic mass is 35.5. The lowest BCUT2D eigenvalue weighted by Gasteiger charge is -2.48. The van der Waals surface area contributed by atoms with Crippen LogP contribution in [0.5, 0.6) is 0 Å². The van der Waals surface area contributed by atoms with Crippen LogP contribution in [0, 0.1) is 11.8 Å². The third kappa shape index (κ3) is 3.65. The molecule has 0 aromatic carbocycles. The molecule has 3 N–H and O–H groups in total. The maximum atomic E-state index is 11.9. The number of carboxylic acids is 1. The Morgan fingerprint density at radius 2 is 2.17 bits per heavy atom. The van der Waals surface area contributed by atoms with Crippen molar-refractivity contribution >= 4 is 29.5 Å². The van der Waals surface area contributed by atoms with E-state index in [2.05, 4.69) is 10.6 Å². The lowest BCUT2D eigenvalue weighted by atomic mass is 9.76. The maximum Gasteiger partial charge on any atom is 0.323 e. The lowest BCUT2D eigenvalue weighted by Crippen LogP contribution is -2.65. The van der Waals surface area contributed by atoms with Crippen molar-refractivity contribution in [3.05, 3.63) is 0 Å². The van der Waals surface area contributed by atoms with Crippen molar-refractivity contribution in [2.24, 2.45) is 11.8 Å². The van der Waals surface area contributed by atoms with Crippen LogP contribution in [0.2, 0.25) is 0 Å². The van der Waals surface area contributed by atoms with E-state index in [1.54, 1.807) is 0 Å². The number of amides is 3. The predicted molar refractivity (Wildman–Crippen MR) is 82.4 cm³/mol. The topological polar surface area (TPSA) is 114 Å². The average Bonchev–Trinajstić information content (AvgIpc) is 2.52. The van der Waals surface area contributed by atoms with E-state index in [9.17, 15) is 14.4 Å². The fourth-order valence-electron chi connectivity index (χ4n) is 3.71. The number of carboxylic acid groups (broad SMARTS) is 1. The quantitative estimate of drug-likeness (QED) is 0.494. The molecule has 0 bridgehead atoms. The molecule has 0 aromatic rings. The number of fused-ring (bicyclic) bond motifs is 2. The van der Waals surface area contributed by atoms with Crippen LogP contribution in [-0.4, -0.2) is 53.4 Å². The number of rotatable bonds is 5. The molecule has 6 unspecified atom stereocenters. The molecule has 9 heteroatoms. The Labute approximate surface area is 144 Å². The van der Waals surface area contributed by atoms with Gasteiger partial charge in [-0.05, 0) is 31.6 Å². The Balaban J connectivity index is 1.57. The van der Waals surface area contributed by atoms with Gasteiger partial charge in [0.1, 0.15) is 6.23 Å².